The van der Waals surface area contributed by atoms with E-state index in [9.17, 15) is 18.4 Å². The lowest BCUT2D eigenvalue weighted by Gasteiger charge is -2.20. The van der Waals surface area contributed by atoms with Crippen LogP contribution in [-0.4, -0.2) is 34.1 Å². The zero-order valence-electron chi connectivity index (χ0n) is 14.1. The van der Waals surface area contributed by atoms with Gasteiger partial charge in [-0.1, -0.05) is 0 Å². The Hall–Kier alpha value is -3.28. The second-order valence-electron chi connectivity index (χ2n) is 6.38. The highest BCUT2D eigenvalue weighted by Crippen LogP contribution is 2.32. The first kappa shape index (κ1) is 17.1. The summed E-state index contributed by atoms with van der Waals surface area (Å²) >= 11 is 0. The van der Waals surface area contributed by atoms with Crippen molar-refractivity contribution in [1.29, 1.82) is 5.26 Å². The van der Waals surface area contributed by atoms with E-state index in [1.54, 1.807) is 6.20 Å². The number of benzene rings is 1. The standard InChI is InChI=1S/C18H15F3N6/c19-18(20,21)12-1-3-14(4-2-12)27-6-5-13(9-27)26-17-15-11(7-22)8-23-16(15)24-10-25-17/h1-4,8,10,13H,5-6,9H2,(H2,23,24,25,26). The number of halogens is 3. The highest BCUT2D eigenvalue weighted by atomic mass is 19.4. The van der Waals surface area contributed by atoms with Gasteiger partial charge >= 0.3 is 6.18 Å². The average molecular weight is 372 g/mol. The molecule has 1 fully saturated rings. The molecule has 2 N–H and O–H groups in total. The molecule has 9 heteroatoms. The SMILES string of the molecule is N#Cc1c[nH]c2ncnc(NC3CCN(c4ccc(C(F)(F)F)cc4)C3)c12. The highest BCUT2D eigenvalue weighted by molar-refractivity contribution is 5.92. The first-order valence-electron chi connectivity index (χ1n) is 8.36. The van der Waals surface area contributed by atoms with Crippen LogP contribution < -0.4 is 10.2 Å². The molecule has 1 saturated heterocycles. The number of nitrogens with zero attached hydrogens (tertiary/aromatic N) is 4. The van der Waals surface area contributed by atoms with Crippen molar-refractivity contribution >= 4 is 22.5 Å². The van der Waals surface area contributed by atoms with Gasteiger partial charge in [0.05, 0.1) is 16.5 Å². The number of aromatic nitrogens is 3. The van der Waals surface area contributed by atoms with E-state index in [1.807, 2.05) is 4.90 Å². The van der Waals surface area contributed by atoms with Crippen LogP contribution in [0.4, 0.5) is 24.7 Å². The van der Waals surface area contributed by atoms with Gasteiger partial charge in [-0.3, -0.25) is 0 Å². The number of nitrogens with one attached hydrogen (secondary N) is 2. The second kappa shape index (κ2) is 6.46. The fraction of sp³-hybridized carbons (Fsp3) is 0.278. The summed E-state index contributed by atoms with van der Waals surface area (Å²) in [5.74, 6) is 0.581. The van der Waals surface area contributed by atoms with Crippen molar-refractivity contribution in [2.45, 2.75) is 18.6 Å². The van der Waals surface area contributed by atoms with Crippen LogP contribution in [0.15, 0.2) is 36.8 Å². The van der Waals surface area contributed by atoms with Gasteiger partial charge in [0.25, 0.3) is 0 Å². The summed E-state index contributed by atoms with van der Waals surface area (Å²) in [4.78, 5) is 13.3. The van der Waals surface area contributed by atoms with E-state index in [0.29, 0.717) is 29.0 Å². The summed E-state index contributed by atoms with van der Waals surface area (Å²) < 4.78 is 38.1. The van der Waals surface area contributed by atoms with E-state index in [-0.39, 0.29) is 6.04 Å². The van der Waals surface area contributed by atoms with Crippen LogP contribution in [-0.2, 0) is 6.18 Å². The number of alkyl halides is 3. The van der Waals surface area contributed by atoms with Gasteiger partial charge in [0, 0.05) is 31.0 Å². The second-order valence-corrected chi connectivity index (χ2v) is 6.38. The normalized spacial score (nSPS) is 17.3. The van der Waals surface area contributed by atoms with Gasteiger partial charge in [0.1, 0.15) is 23.9 Å². The number of aromatic amines is 1. The number of rotatable bonds is 3. The maximum Gasteiger partial charge on any atom is 0.416 e. The van der Waals surface area contributed by atoms with E-state index in [4.69, 9.17) is 0 Å². The minimum absolute atomic E-state index is 0.0619. The molecule has 1 atom stereocenters. The molecule has 3 aromatic rings. The van der Waals surface area contributed by atoms with Crippen molar-refractivity contribution in [2.75, 3.05) is 23.3 Å². The minimum Gasteiger partial charge on any atom is -0.369 e. The number of anilines is 2. The lowest BCUT2D eigenvalue weighted by atomic mass is 10.2. The van der Waals surface area contributed by atoms with Gasteiger partial charge in [0.15, 0.2) is 0 Å². The molecule has 0 amide bonds. The quantitative estimate of drug-likeness (QED) is 0.735. The van der Waals surface area contributed by atoms with Gasteiger partial charge < -0.3 is 15.2 Å². The number of fused-ring (bicyclic) bond motifs is 1. The molecule has 1 unspecified atom stereocenters. The molecule has 1 aliphatic heterocycles. The Bertz CT molecular complexity index is 1000. The van der Waals surface area contributed by atoms with E-state index >= 15 is 0 Å². The maximum atomic E-state index is 12.7. The Morgan fingerprint density at radius 2 is 2.00 bits per heavy atom. The van der Waals surface area contributed by atoms with Gasteiger partial charge in [-0.15, -0.1) is 0 Å². The Labute approximate surface area is 152 Å². The molecule has 4 rings (SSSR count). The van der Waals surface area contributed by atoms with Gasteiger partial charge in [-0.05, 0) is 30.7 Å². The summed E-state index contributed by atoms with van der Waals surface area (Å²) in [5.41, 5.74) is 1.15. The summed E-state index contributed by atoms with van der Waals surface area (Å²) in [6.07, 6.45) is -0.515. The Morgan fingerprint density at radius 1 is 1.22 bits per heavy atom. The largest absolute Gasteiger partial charge is 0.416 e. The van der Waals surface area contributed by atoms with Gasteiger partial charge in [0.2, 0.25) is 0 Å². The van der Waals surface area contributed by atoms with Crippen LogP contribution in [0.5, 0.6) is 0 Å². The van der Waals surface area contributed by atoms with Crippen LogP contribution >= 0.6 is 0 Å². The van der Waals surface area contributed by atoms with Crippen molar-refractivity contribution < 1.29 is 13.2 Å². The van der Waals surface area contributed by atoms with Crippen LogP contribution in [0, 0.1) is 11.3 Å². The average Bonchev–Trinajstić information content (AvgIpc) is 3.28. The van der Waals surface area contributed by atoms with Crippen molar-refractivity contribution in [2.24, 2.45) is 0 Å². The lowest BCUT2D eigenvalue weighted by Crippen LogP contribution is -2.26. The fourth-order valence-electron chi connectivity index (χ4n) is 3.33. The molecule has 0 spiro atoms. The number of H-pyrrole nitrogens is 1. The first-order chi connectivity index (χ1) is 13.0. The molecule has 3 heterocycles. The molecule has 0 bridgehead atoms. The van der Waals surface area contributed by atoms with Crippen LogP contribution in [0.1, 0.15) is 17.5 Å². The van der Waals surface area contributed by atoms with Crippen molar-refractivity contribution in [3.05, 3.63) is 47.9 Å². The topological polar surface area (TPSA) is 80.6 Å². The third-order valence-corrected chi connectivity index (χ3v) is 4.68. The van der Waals surface area contributed by atoms with E-state index in [2.05, 4.69) is 26.3 Å². The Balaban J connectivity index is 1.49. The lowest BCUT2D eigenvalue weighted by molar-refractivity contribution is -0.137. The molecule has 1 aromatic carbocycles. The van der Waals surface area contributed by atoms with E-state index in [1.165, 1.54) is 18.5 Å². The van der Waals surface area contributed by atoms with Gasteiger partial charge in [-0.2, -0.15) is 18.4 Å². The molecule has 6 nitrogen and oxygen atoms in total. The Morgan fingerprint density at radius 3 is 2.70 bits per heavy atom. The summed E-state index contributed by atoms with van der Waals surface area (Å²) in [6, 6.07) is 7.36. The highest BCUT2D eigenvalue weighted by Gasteiger charge is 2.31. The molecule has 0 radical (unpaired) electrons. The first-order valence-corrected chi connectivity index (χ1v) is 8.36. The predicted molar refractivity (Wildman–Crippen MR) is 94.3 cm³/mol. The van der Waals surface area contributed by atoms with Crippen LogP contribution in [0.3, 0.4) is 0 Å². The predicted octanol–water partition coefficient (Wildman–Crippen LogP) is 3.54. The molecule has 0 saturated carbocycles. The summed E-state index contributed by atoms with van der Waals surface area (Å²) in [6.45, 7) is 1.35. The van der Waals surface area contributed by atoms with E-state index < -0.39 is 11.7 Å². The van der Waals surface area contributed by atoms with Crippen molar-refractivity contribution in [3.8, 4) is 6.07 Å². The summed E-state index contributed by atoms with van der Waals surface area (Å²) in [5, 5.41) is 13.2. The summed E-state index contributed by atoms with van der Waals surface area (Å²) in [7, 11) is 0. The minimum atomic E-state index is -4.33. The third-order valence-electron chi connectivity index (χ3n) is 4.68. The van der Waals surface area contributed by atoms with Gasteiger partial charge in [-0.25, -0.2) is 9.97 Å². The number of hydrogen-bond donors (Lipinski definition) is 2. The number of nitriles is 1. The van der Waals surface area contributed by atoms with Crippen LogP contribution in [0.25, 0.3) is 11.0 Å². The monoisotopic (exact) mass is 372 g/mol. The zero-order chi connectivity index (χ0) is 19.0. The molecular formula is C18H15F3N6. The molecular weight excluding hydrogens is 357 g/mol. The zero-order valence-corrected chi connectivity index (χ0v) is 14.1. The number of hydrogen-bond acceptors (Lipinski definition) is 5. The van der Waals surface area contributed by atoms with Crippen molar-refractivity contribution in [3.63, 3.8) is 0 Å². The molecule has 1 aliphatic rings. The van der Waals surface area contributed by atoms with E-state index in [0.717, 1.165) is 30.8 Å². The Kier molecular flexibility index (Phi) is 4.11. The van der Waals surface area contributed by atoms with Crippen LogP contribution in [0.2, 0.25) is 0 Å². The molecule has 138 valence electrons. The smallest absolute Gasteiger partial charge is 0.369 e. The third kappa shape index (κ3) is 3.26. The maximum absolute atomic E-state index is 12.7. The van der Waals surface area contributed by atoms with Crippen molar-refractivity contribution in [1.82, 2.24) is 15.0 Å². The molecule has 2 aromatic heterocycles. The molecule has 27 heavy (non-hydrogen) atoms. The molecule has 0 aliphatic carbocycles. The fourth-order valence-corrected chi connectivity index (χ4v) is 3.33.